The number of hydrogen-bond donors (Lipinski definition) is 1. The van der Waals surface area contributed by atoms with E-state index in [1.165, 1.54) is 12.8 Å². The Morgan fingerprint density at radius 3 is 2.85 bits per heavy atom. The van der Waals surface area contributed by atoms with Crippen LogP contribution in [0.3, 0.4) is 0 Å². The maximum Gasteiger partial charge on any atom is 0.250 e. The predicted molar refractivity (Wildman–Crippen MR) is 83.0 cm³/mol. The number of piperidine rings is 1. The van der Waals surface area contributed by atoms with Gasteiger partial charge in [-0.05, 0) is 31.5 Å². The molecule has 0 aromatic carbocycles. The van der Waals surface area contributed by atoms with Crippen molar-refractivity contribution in [1.82, 2.24) is 14.8 Å². The number of likely N-dealkylation sites (tertiary alicyclic amines) is 1. The van der Waals surface area contributed by atoms with Crippen LogP contribution in [0.25, 0.3) is 0 Å². The molecule has 0 aliphatic carbocycles. The van der Waals surface area contributed by atoms with E-state index in [1.807, 2.05) is 12.3 Å². The number of hydrogen-bond acceptors (Lipinski definition) is 3. The first kappa shape index (κ1) is 15.3. The van der Waals surface area contributed by atoms with Crippen LogP contribution in [-0.2, 0) is 6.54 Å². The summed E-state index contributed by atoms with van der Waals surface area (Å²) in [6, 6.07) is 6.02. The minimum atomic E-state index is 0.0991. The van der Waals surface area contributed by atoms with Crippen LogP contribution in [0, 0.1) is 5.92 Å². The monoisotopic (exact) mass is 277 g/mol. The first-order chi connectivity index (χ1) is 9.74. The Labute approximate surface area is 121 Å². The minimum absolute atomic E-state index is 0.0991. The molecule has 20 heavy (non-hydrogen) atoms. The van der Waals surface area contributed by atoms with Crippen LogP contribution in [0.5, 0.6) is 0 Å². The van der Waals surface area contributed by atoms with Gasteiger partial charge in [-0.25, -0.2) is 0 Å². The van der Waals surface area contributed by atoms with Gasteiger partial charge in [-0.2, -0.15) is 0 Å². The summed E-state index contributed by atoms with van der Waals surface area (Å²) >= 11 is 0. The van der Waals surface area contributed by atoms with Crippen LogP contribution in [0.1, 0.15) is 26.7 Å². The van der Waals surface area contributed by atoms with Gasteiger partial charge >= 0.3 is 0 Å². The van der Waals surface area contributed by atoms with Crippen LogP contribution in [0.2, 0.25) is 0 Å². The molecule has 0 spiro atoms. The standard InChI is InChI=1S/C16H27N3O/c1-3-14-13-18(10-8-15(14)17-4-2)11-12-19-9-6-5-7-16(19)20/h5-7,9,14-15,17H,3-4,8,10-13H2,1-2H3. The molecule has 1 saturated heterocycles. The van der Waals surface area contributed by atoms with Gasteiger partial charge in [0.25, 0.3) is 5.56 Å². The molecule has 4 heteroatoms. The van der Waals surface area contributed by atoms with Crippen molar-refractivity contribution in [2.45, 2.75) is 39.3 Å². The third-order valence-corrected chi connectivity index (χ3v) is 4.36. The smallest absolute Gasteiger partial charge is 0.250 e. The quantitative estimate of drug-likeness (QED) is 0.857. The molecule has 2 rings (SSSR count). The molecule has 1 aliphatic rings. The Bertz CT molecular complexity index is 457. The lowest BCUT2D eigenvalue weighted by Gasteiger charge is -2.38. The van der Waals surface area contributed by atoms with E-state index >= 15 is 0 Å². The molecule has 2 unspecified atom stereocenters. The molecule has 1 aromatic heterocycles. The maximum absolute atomic E-state index is 11.7. The van der Waals surface area contributed by atoms with Gasteiger partial charge in [0, 0.05) is 37.9 Å². The van der Waals surface area contributed by atoms with Crippen LogP contribution in [-0.4, -0.2) is 41.7 Å². The lowest BCUT2D eigenvalue weighted by molar-refractivity contribution is 0.131. The van der Waals surface area contributed by atoms with E-state index in [-0.39, 0.29) is 5.56 Å². The molecule has 1 fully saturated rings. The Balaban J connectivity index is 1.86. The predicted octanol–water partition coefficient (Wildman–Crippen LogP) is 1.56. The van der Waals surface area contributed by atoms with E-state index < -0.39 is 0 Å². The molecule has 2 heterocycles. The van der Waals surface area contributed by atoms with E-state index in [4.69, 9.17) is 0 Å². The molecule has 0 amide bonds. The van der Waals surface area contributed by atoms with Gasteiger partial charge in [0.1, 0.15) is 0 Å². The number of pyridine rings is 1. The first-order valence-electron chi connectivity index (χ1n) is 7.85. The largest absolute Gasteiger partial charge is 0.314 e. The zero-order chi connectivity index (χ0) is 14.4. The van der Waals surface area contributed by atoms with E-state index in [0.717, 1.165) is 38.6 Å². The van der Waals surface area contributed by atoms with Crippen molar-refractivity contribution >= 4 is 0 Å². The lowest BCUT2D eigenvalue weighted by Crippen LogP contribution is -2.49. The van der Waals surface area contributed by atoms with Gasteiger partial charge in [-0.3, -0.25) is 4.79 Å². The van der Waals surface area contributed by atoms with Gasteiger partial charge in [-0.15, -0.1) is 0 Å². The highest BCUT2D eigenvalue weighted by molar-refractivity contribution is 4.93. The van der Waals surface area contributed by atoms with Crippen LogP contribution < -0.4 is 10.9 Å². The van der Waals surface area contributed by atoms with E-state index in [0.29, 0.717) is 6.04 Å². The molecular formula is C16H27N3O. The van der Waals surface area contributed by atoms with Crippen molar-refractivity contribution in [2.24, 2.45) is 5.92 Å². The van der Waals surface area contributed by atoms with Crippen molar-refractivity contribution in [2.75, 3.05) is 26.2 Å². The molecular weight excluding hydrogens is 250 g/mol. The molecule has 1 N–H and O–H groups in total. The zero-order valence-electron chi connectivity index (χ0n) is 12.7. The number of nitrogens with one attached hydrogen (secondary N) is 1. The van der Waals surface area contributed by atoms with Crippen molar-refractivity contribution in [1.29, 1.82) is 0 Å². The lowest BCUT2D eigenvalue weighted by atomic mass is 9.90. The summed E-state index contributed by atoms with van der Waals surface area (Å²) < 4.78 is 1.80. The van der Waals surface area contributed by atoms with Gasteiger partial charge in [0.15, 0.2) is 0 Å². The Morgan fingerprint density at radius 2 is 2.15 bits per heavy atom. The molecule has 112 valence electrons. The number of rotatable bonds is 6. The molecule has 1 aliphatic heterocycles. The summed E-state index contributed by atoms with van der Waals surface area (Å²) in [6.07, 6.45) is 4.32. The average Bonchev–Trinajstić information content (AvgIpc) is 2.48. The molecule has 4 nitrogen and oxygen atoms in total. The molecule has 0 radical (unpaired) electrons. The topological polar surface area (TPSA) is 37.3 Å². The van der Waals surface area contributed by atoms with Crippen LogP contribution in [0.15, 0.2) is 29.2 Å². The summed E-state index contributed by atoms with van der Waals surface area (Å²) in [5, 5.41) is 3.61. The number of aromatic nitrogens is 1. The summed E-state index contributed by atoms with van der Waals surface area (Å²) in [5.74, 6) is 0.733. The minimum Gasteiger partial charge on any atom is -0.314 e. The van der Waals surface area contributed by atoms with Gasteiger partial charge in [0.05, 0.1) is 0 Å². The van der Waals surface area contributed by atoms with E-state index in [2.05, 4.69) is 24.1 Å². The molecule has 0 bridgehead atoms. The third-order valence-electron chi connectivity index (χ3n) is 4.36. The summed E-state index contributed by atoms with van der Waals surface area (Å²) in [4.78, 5) is 14.2. The van der Waals surface area contributed by atoms with Crippen molar-refractivity contribution in [3.8, 4) is 0 Å². The highest BCUT2D eigenvalue weighted by Gasteiger charge is 2.26. The van der Waals surface area contributed by atoms with Gasteiger partial charge < -0.3 is 14.8 Å². The van der Waals surface area contributed by atoms with Crippen molar-refractivity contribution < 1.29 is 0 Å². The Morgan fingerprint density at radius 1 is 1.30 bits per heavy atom. The first-order valence-corrected chi connectivity index (χ1v) is 7.85. The maximum atomic E-state index is 11.7. The summed E-state index contributed by atoms with van der Waals surface area (Å²) in [5.41, 5.74) is 0.0991. The van der Waals surface area contributed by atoms with Crippen LogP contribution >= 0.6 is 0 Å². The normalized spacial score (nSPS) is 23.9. The highest BCUT2D eigenvalue weighted by atomic mass is 16.1. The SMILES string of the molecule is CCNC1CCN(CCn2ccccc2=O)CC1CC. The zero-order valence-corrected chi connectivity index (χ0v) is 12.7. The number of nitrogens with zero attached hydrogens (tertiary/aromatic N) is 2. The van der Waals surface area contributed by atoms with Gasteiger partial charge in [-0.1, -0.05) is 26.3 Å². The average molecular weight is 277 g/mol. The molecule has 1 aromatic rings. The van der Waals surface area contributed by atoms with E-state index in [9.17, 15) is 4.79 Å². The van der Waals surface area contributed by atoms with Crippen LogP contribution in [0.4, 0.5) is 0 Å². The van der Waals surface area contributed by atoms with Crippen molar-refractivity contribution in [3.05, 3.63) is 34.7 Å². The van der Waals surface area contributed by atoms with E-state index in [1.54, 1.807) is 16.7 Å². The second-order valence-electron chi connectivity index (χ2n) is 5.65. The third kappa shape index (κ3) is 3.93. The van der Waals surface area contributed by atoms with Gasteiger partial charge in [0.2, 0.25) is 0 Å². The fourth-order valence-electron chi connectivity index (χ4n) is 3.15. The molecule has 2 atom stereocenters. The summed E-state index contributed by atoms with van der Waals surface area (Å²) in [7, 11) is 0. The second kappa shape index (κ2) is 7.60. The second-order valence-corrected chi connectivity index (χ2v) is 5.65. The highest BCUT2D eigenvalue weighted by Crippen LogP contribution is 2.20. The fraction of sp³-hybridized carbons (Fsp3) is 0.688. The van der Waals surface area contributed by atoms with Crippen molar-refractivity contribution in [3.63, 3.8) is 0 Å². The Hall–Kier alpha value is -1.13. The molecule has 0 saturated carbocycles. The Kier molecular flexibility index (Phi) is 5.80. The fourth-order valence-corrected chi connectivity index (χ4v) is 3.15. The summed E-state index contributed by atoms with van der Waals surface area (Å²) in [6.45, 7) is 9.56.